The van der Waals surface area contributed by atoms with E-state index in [1.54, 1.807) is 0 Å². The standard InChI is InChI=1S/C12H16N2O4.ClH/c1-18-10-6-8(14(16)17)5-9(12(10)15)11(13)7-3-2-4-7;/h5-7,11,15H,2-4,13H2,1H3;1H/t11-;/m1./s1. The number of hydrogen-bond acceptors (Lipinski definition) is 5. The van der Waals surface area contributed by atoms with Gasteiger partial charge in [-0.3, -0.25) is 10.1 Å². The van der Waals surface area contributed by atoms with E-state index in [9.17, 15) is 15.2 Å². The zero-order valence-electron chi connectivity index (χ0n) is 10.5. The molecule has 0 bridgehead atoms. The van der Waals surface area contributed by atoms with E-state index in [0.29, 0.717) is 5.56 Å². The lowest BCUT2D eigenvalue weighted by molar-refractivity contribution is -0.385. The van der Waals surface area contributed by atoms with Gasteiger partial charge in [0, 0.05) is 17.7 Å². The first-order chi connectivity index (χ1) is 8.54. The fourth-order valence-electron chi connectivity index (χ4n) is 2.18. The van der Waals surface area contributed by atoms with E-state index in [1.807, 2.05) is 0 Å². The van der Waals surface area contributed by atoms with Gasteiger partial charge in [-0.05, 0) is 18.8 Å². The summed E-state index contributed by atoms with van der Waals surface area (Å²) in [5.41, 5.74) is 6.33. The normalized spacial score (nSPS) is 16.1. The van der Waals surface area contributed by atoms with Crippen LogP contribution in [0.4, 0.5) is 5.69 Å². The summed E-state index contributed by atoms with van der Waals surface area (Å²) in [6, 6.07) is 2.15. The molecule has 0 saturated heterocycles. The Labute approximate surface area is 117 Å². The van der Waals surface area contributed by atoms with Gasteiger partial charge in [-0.25, -0.2) is 0 Å². The number of nitrogens with zero attached hydrogens (tertiary/aromatic N) is 1. The quantitative estimate of drug-likeness (QED) is 0.655. The van der Waals surface area contributed by atoms with Crippen LogP contribution in [0, 0.1) is 16.0 Å². The van der Waals surface area contributed by atoms with Gasteiger partial charge >= 0.3 is 0 Å². The van der Waals surface area contributed by atoms with E-state index in [4.69, 9.17) is 10.5 Å². The smallest absolute Gasteiger partial charge is 0.273 e. The number of phenolic OH excluding ortho intramolecular Hbond substituents is 1. The summed E-state index contributed by atoms with van der Waals surface area (Å²) in [7, 11) is 1.36. The molecule has 7 heteroatoms. The highest BCUT2D eigenvalue weighted by molar-refractivity contribution is 5.85. The second-order valence-electron chi connectivity index (χ2n) is 4.56. The molecule has 2 rings (SSSR count). The molecule has 3 N–H and O–H groups in total. The third-order valence-corrected chi connectivity index (χ3v) is 3.54. The van der Waals surface area contributed by atoms with Crippen molar-refractivity contribution < 1.29 is 14.8 Å². The number of aromatic hydroxyl groups is 1. The number of nitrogens with two attached hydrogens (primary N) is 1. The Bertz CT molecular complexity index is 477. The fraction of sp³-hybridized carbons (Fsp3) is 0.500. The minimum absolute atomic E-state index is 0. The Kier molecular flexibility index (Phi) is 4.97. The number of methoxy groups -OCH3 is 1. The van der Waals surface area contributed by atoms with Crippen LogP contribution >= 0.6 is 12.4 Å². The monoisotopic (exact) mass is 288 g/mol. The molecule has 1 atom stereocenters. The maximum absolute atomic E-state index is 10.8. The maximum atomic E-state index is 10.8. The maximum Gasteiger partial charge on any atom is 0.273 e. The number of nitro groups is 1. The van der Waals surface area contributed by atoms with Gasteiger partial charge in [-0.1, -0.05) is 6.42 Å². The minimum atomic E-state index is -0.515. The van der Waals surface area contributed by atoms with Gasteiger partial charge < -0.3 is 15.6 Å². The third-order valence-electron chi connectivity index (χ3n) is 3.54. The first-order valence-corrected chi connectivity index (χ1v) is 5.85. The van der Waals surface area contributed by atoms with E-state index in [1.165, 1.54) is 19.2 Å². The predicted octanol–water partition coefficient (Wildman–Crippen LogP) is 2.53. The molecule has 1 aromatic rings. The highest BCUT2D eigenvalue weighted by Gasteiger charge is 2.30. The van der Waals surface area contributed by atoms with Gasteiger partial charge in [0.05, 0.1) is 18.1 Å². The molecule has 1 fully saturated rings. The van der Waals surface area contributed by atoms with Gasteiger partial charge in [0.25, 0.3) is 5.69 Å². The molecule has 0 heterocycles. The van der Waals surface area contributed by atoms with E-state index in [0.717, 1.165) is 19.3 Å². The summed E-state index contributed by atoms with van der Waals surface area (Å²) in [5.74, 6) is 0.277. The van der Waals surface area contributed by atoms with Crippen LogP contribution in [0.3, 0.4) is 0 Å². The molecule has 0 unspecified atom stereocenters. The van der Waals surface area contributed by atoms with Crippen molar-refractivity contribution in [2.24, 2.45) is 11.7 Å². The first-order valence-electron chi connectivity index (χ1n) is 5.85. The lowest BCUT2D eigenvalue weighted by atomic mass is 9.77. The van der Waals surface area contributed by atoms with Gasteiger partial charge in [-0.15, -0.1) is 12.4 Å². The number of halogens is 1. The van der Waals surface area contributed by atoms with Crippen molar-refractivity contribution >= 4 is 18.1 Å². The van der Waals surface area contributed by atoms with E-state index >= 15 is 0 Å². The van der Waals surface area contributed by atoms with Crippen molar-refractivity contribution in [2.45, 2.75) is 25.3 Å². The number of non-ortho nitro benzene ring substituents is 1. The molecule has 0 aliphatic heterocycles. The van der Waals surface area contributed by atoms with Crippen molar-refractivity contribution in [3.05, 3.63) is 27.8 Å². The summed E-state index contributed by atoms with van der Waals surface area (Å²) < 4.78 is 4.95. The van der Waals surface area contributed by atoms with Crippen molar-refractivity contribution in [3.63, 3.8) is 0 Å². The van der Waals surface area contributed by atoms with Crippen LogP contribution in [-0.4, -0.2) is 17.1 Å². The molecule has 1 saturated carbocycles. The zero-order valence-corrected chi connectivity index (χ0v) is 11.4. The van der Waals surface area contributed by atoms with Crippen LogP contribution in [0.25, 0.3) is 0 Å². The average Bonchev–Trinajstić information content (AvgIpc) is 2.26. The molecule has 1 aliphatic carbocycles. The Balaban J connectivity index is 0.00000180. The van der Waals surface area contributed by atoms with Crippen LogP contribution < -0.4 is 10.5 Å². The fourth-order valence-corrected chi connectivity index (χ4v) is 2.18. The van der Waals surface area contributed by atoms with Crippen LogP contribution in [0.5, 0.6) is 11.5 Å². The molecular weight excluding hydrogens is 272 g/mol. The topological polar surface area (TPSA) is 98.6 Å². The Morgan fingerprint density at radius 3 is 2.58 bits per heavy atom. The van der Waals surface area contributed by atoms with Crippen molar-refractivity contribution in [2.75, 3.05) is 7.11 Å². The number of hydrogen-bond donors (Lipinski definition) is 2. The van der Waals surface area contributed by atoms with Gasteiger partial charge in [-0.2, -0.15) is 0 Å². The predicted molar refractivity (Wildman–Crippen MR) is 72.8 cm³/mol. The van der Waals surface area contributed by atoms with E-state index < -0.39 is 4.92 Å². The van der Waals surface area contributed by atoms with Crippen LogP contribution in [0.2, 0.25) is 0 Å². The SMILES string of the molecule is COc1cc([N+](=O)[O-])cc([C@H](N)C2CCC2)c1O.Cl. The molecule has 1 aromatic carbocycles. The molecule has 19 heavy (non-hydrogen) atoms. The summed E-state index contributed by atoms with van der Waals surface area (Å²) in [6.07, 6.45) is 3.10. The van der Waals surface area contributed by atoms with Crippen LogP contribution in [0.1, 0.15) is 30.9 Å². The molecule has 0 radical (unpaired) electrons. The number of nitro benzene ring substituents is 1. The van der Waals surface area contributed by atoms with Crippen molar-refractivity contribution in [1.82, 2.24) is 0 Å². The van der Waals surface area contributed by atoms with Crippen LogP contribution in [0.15, 0.2) is 12.1 Å². The molecule has 106 valence electrons. The highest BCUT2D eigenvalue weighted by atomic mass is 35.5. The number of rotatable bonds is 4. The lowest BCUT2D eigenvalue weighted by Crippen LogP contribution is -2.27. The third kappa shape index (κ3) is 2.90. The van der Waals surface area contributed by atoms with Crippen LogP contribution in [-0.2, 0) is 0 Å². The molecule has 0 spiro atoms. The first kappa shape index (κ1) is 15.5. The summed E-state index contributed by atoms with van der Waals surface area (Å²) in [6.45, 7) is 0. The lowest BCUT2D eigenvalue weighted by Gasteiger charge is -2.31. The average molecular weight is 289 g/mol. The van der Waals surface area contributed by atoms with Crippen molar-refractivity contribution in [1.29, 1.82) is 0 Å². The summed E-state index contributed by atoms with van der Waals surface area (Å²) >= 11 is 0. The van der Waals surface area contributed by atoms with Gasteiger partial charge in [0.1, 0.15) is 0 Å². The molecule has 0 amide bonds. The highest BCUT2D eigenvalue weighted by Crippen LogP contribution is 2.43. The second-order valence-corrected chi connectivity index (χ2v) is 4.56. The van der Waals surface area contributed by atoms with Crippen molar-refractivity contribution in [3.8, 4) is 11.5 Å². The Morgan fingerprint density at radius 2 is 2.16 bits per heavy atom. The Morgan fingerprint density at radius 1 is 1.53 bits per heavy atom. The zero-order chi connectivity index (χ0) is 13.3. The number of benzene rings is 1. The number of ether oxygens (including phenoxy) is 1. The second kappa shape index (κ2) is 6.08. The molecule has 6 nitrogen and oxygen atoms in total. The molecule has 1 aliphatic rings. The minimum Gasteiger partial charge on any atom is -0.504 e. The van der Waals surface area contributed by atoms with E-state index in [2.05, 4.69) is 0 Å². The largest absolute Gasteiger partial charge is 0.504 e. The number of phenols is 1. The Hall–Kier alpha value is -1.53. The van der Waals surface area contributed by atoms with E-state index in [-0.39, 0.29) is 41.6 Å². The molecule has 0 aromatic heterocycles. The molecular formula is C12H17ClN2O4. The van der Waals surface area contributed by atoms with Gasteiger partial charge in [0.15, 0.2) is 11.5 Å². The summed E-state index contributed by atoms with van der Waals surface area (Å²) in [4.78, 5) is 10.3. The van der Waals surface area contributed by atoms with Gasteiger partial charge in [0.2, 0.25) is 0 Å². The summed E-state index contributed by atoms with van der Waals surface area (Å²) in [5, 5.41) is 20.8.